The van der Waals surface area contributed by atoms with E-state index in [1.54, 1.807) is 6.92 Å². The SMILES string of the molecule is CC(N)=S.[Na]. The molecule has 0 atom stereocenters. The van der Waals surface area contributed by atoms with Crippen LogP contribution in [0, 0.1) is 0 Å². The van der Waals surface area contributed by atoms with Gasteiger partial charge in [-0.15, -0.1) is 0 Å². The molecule has 0 aromatic heterocycles. The second-order valence-corrected chi connectivity index (χ2v) is 1.25. The quantitative estimate of drug-likeness (QED) is 0.338. The maximum atomic E-state index is 4.84. The Balaban J connectivity index is 0. The molecule has 0 aliphatic rings. The standard InChI is InChI=1S/C2H5NS.Na/c1-2(3)4;/h1H3,(H2,3,4);. The molecule has 0 rings (SSSR count). The van der Waals surface area contributed by atoms with Gasteiger partial charge in [0.25, 0.3) is 0 Å². The fraction of sp³-hybridized carbons (Fsp3) is 0.500. The van der Waals surface area contributed by atoms with Crippen molar-refractivity contribution in [3.8, 4) is 0 Å². The van der Waals surface area contributed by atoms with Crippen LogP contribution in [0.4, 0.5) is 0 Å². The minimum absolute atomic E-state index is 0. The Labute approximate surface area is 59.2 Å². The zero-order valence-corrected chi connectivity index (χ0v) is 6.30. The molecule has 0 spiro atoms. The van der Waals surface area contributed by atoms with E-state index in [1.165, 1.54) is 0 Å². The van der Waals surface area contributed by atoms with Crippen LogP contribution in [-0.2, 0) is 0 Å². The Morgan fingerprint density at radius 1 is 1.80 bits per heavy atom. The summed E-state index contributed by atoms with van der Waals surface area (Å²) in [7, 11) is 0. The van der Waals surface area contributed by atoms with Crippen molar-refractivity contribution in [3.63, 3.8) is 0 Å². The second-order valence-electron chi connectivity index (χ2n) is 0.611. The molecule has 0 aromatic rings. The van der Waals surface area contributed by atoms with Crippen LogP contribution in [0.5, 0.6) is 0 Å². The fourth-order valence-corrected chi connectivity index (χ4v) is 0. The van der Waals surface area contributed by atoms with Gasteiger partial charge in [-0.2, -0.15) is 0 Å². The van der Waals surface area contributed by atoms with Crippen LogP contribution in [-0.4, -0.2) is 34.5 Å². The molecule has 5 heavy (non-hydrogen) atoms. The number of nitrogens with two attached hydrogens (primary N) is 1. The third-order valence-electron chi connectivity index (χ3n) is 0. The van der Waals surface area contributed by atoms with Crippen LogP contribution >= 0.6 is 12.2 Å². The average molecular weight is 98.1 g/mol. The maximum Gasteiger partial charge on any atom is 0.0695 e. The molecule has 0 saturated heterocycles. The van der Waals surface area contributed by atoms with Gasteiger partial charge in [0.05, 0.1) is 4.99 Å². The van der Waals surface area contributed by atoms with Crippen molar-refractivity contribution in [1.29, 1.82) is 0 Å². The van der Waals surface area contributed by atoms with Crippen LogP contribution in [0.3, 0.4) is 0 Å². The molecular weight excluding hydrogens is 93.1 g/mol. The van der Waals surface area contributed by atoms with E-state index in [9.17, 15) is 0 Å². The van der Waals surface area contributed by atoms with Gasteiger partial charge >= 0.3 is 0 Å². The maximum absolute atomic E-state index is 4.84. The molecular formula is C2H5NNaS. The van der Waals surface area contributed by atoms with Crippen LogP contribution in [0.1, 0.15) is 6.92 Å². The third kappa shape index (κ3) is 51.6. The average Bonchev–Trinajstić information content (AvgIpc) is 0.811. The number of hydrogen-bond acceptors (Lipinski definition) is 1. The minimum atomic E-state index is 0. The number of thiocarbonyl (C=S) groups is 1. The molecule has 2 N–H and O–H groups in total. The van der Waals surface area contributed by atoms with Crippen LogP contribution in [0.2, 0.25) is 0 Å². The fourth-order valence-electron chi connectivity index (χ4n) is 0. The summed E-state index contributed by atoms with van der Waals surface area (Å²) >= 11 is 4.31. The molecule has 0 bridgehead atoms. The molecule has 0 aliphatic heterocycles. The first-order valence-electron chi connectivity index (χ1n) is 0.993. The molecule has 25 valence electrons. The van der Waals surface area contributed by atoms with Crippen molar-refractivity contribution in [1.82, 2.24) is 0 Å². The second kappa shape index (κ2) is 4.89. The van der Waals surface area contributed by atoms with Gasteiger partial charge in [0.1, 0.15) is 0 Å². The Bertz CT molecular complexity index is 32.6. The van der Waals surface area contributed by atoms with E-state index in [0.717, 1.165) is 0 Å². The normalized spacial score (nSPS) is 5.00. The zero-order chi connectivity index (χ0) is 3.58. The molecule has 1 nitrogen and oxygen atoms in total. The molecule has 0 heterocycles. The van der Waals surface area contributed by atoms with Gasteiger partial charge in [-0.05, 0) is 6.92 Å². The van der Waals surface area contributed by atoms with E-state index in [4.69, 9.17) is 5.73 Å². The van der Waals surface area contributed by atoms with Gasteiger partial charge in [0, 0.05) is 29.6 Å². The van der Waals surface area contributed by atoms with E-state index in [2.05, 4.69) is 12.2 Å². The predicted molar refractivity (Wildman–Crippen MR) is 28.2 cm³/mol. The summed E-state index contributed by atoms with van der Waals surface area (Å²) in [5.41, 5.74) is 4.84. The van der Waals surface area contributed by atoms with Crippen molar-refractivity contribution in [2.24, 2.45) is 5.73 Å². The van der Waals surface area contributed by atoms with E-state index >= 15 is 0 Å². The summed E-state index contributed by atoms with van der Waals surface area (Å²) in [5, 5.41) is 0. The number of rotatable bonds is 0. The first-order valence-corrected chi connectivity index (χ1v) is 1.40. The monoisotopic (exact) mass is 98.0 g/mol. The largest absolute Gasteiger partial charge is 0.394 e. The summed E-state index contributed by atoms with van der Waals surface area (Å²) < 4.78 is 0. The van der Waals surface area contributed by atoms with Gasteiger partial charge in [-0.25, -0.2) is 0 Å². The molecule has 0 amide bonds. The molecule has 0 aromatic carbocycles. The predicted octanol–water partition coefficient (Wildman–Crippen LogP) is -0.0884. The topological polar surface area (TPSA) is 26.0 Å². The molecule has 0 saturated carbocycles. The van der Waals surface area contributed by atoms with Crippen molar-refractivity contribution in [2.75, 3.05) is 0 Å². The Morgan fingerprint density at radius 3 is 1.80 bits per heavy atom. The first kappa shape index (κ1) is 9.31. The van der Waals surface area contributed by atoms with Crippen LogP contribution in [0.25, 0.3) is 0 Å². The summed E-state index contributed by atoms with van der Waals surface area (Å²) in [4.78, 5) is 0.500. The molecule has 3 heteroatoms. The minimum Gasteiger partial charge on any atom is -0.394 e. The molecule has 0 aliphatic carbocycles. The van der Waals surface area contributed by atoms with E-state index in [1.807, 2.05) is 0 Å². The van der Waals surface area contributed by atoms with Gasteiger partial charge in [0.2, 0.25) is 0 Å². The molecule has 0 fully saturated rings. The van der Waals surface area contributed by atoms with Crippen LogP contribution in [0.15, 0.2) is 0 Å². The van der Waals surface area contributed by atoms with E-state index in [0.29, 0.717) is 4.99 Å². The van der Waals surface area contributed by atoms with Crippen molar-refractivity contribution in [2.45, 2.75) is 6.92 Å². The molecule has 1 radical (unpaired) electrons. The van der Waals surface area contributed by atoms with Gasteiger partial charge in [-0.3, -0.25) is 0 Å². The Hall–Kier alpha value is 0.890. The summed E-state index contributed by atoms with van der Waals surface area (Å²) in [6, 6.07) is 0. The molecule has 0 unspecified atom stereocenters. The zero-order valence-electron chi connectivity index (χ0n) is 3.49. The number of hydrogen-bond donors (Lipinski definition) is 1. The smallest absolute Gasteiger partial charge is 0.0695 e. The summed E-state index contributed by atoms with van der Waals surface area (Å²) in [6.07, 6.45) is 0. The summed E-state index contributed by atoms with van der Waals surface area (Å²) in [6.45, 7) is 1.68. The summed E-state index contributed by atoms with van der Waals surface area (Å²) in [5.74, 6) is 0. The van der Waals surface area contributed by atoms with Gasteiger partial charge in [0.15, 0.2) is 0 Å². The van der Waals surface area contributed by atoms with Crippen molar-refractivity contribution in [3.05, 3.63) is 0 Å². The van der Waals surface area contributed by atoms with E-state index < -0.39 is 0 Å². The Morgan fingerprint density at radius 2 is 1.80 bits per heavy atom. The first-order chi connectivity index (χ1) is 1.73. The van der Waals surface area contributed by atoms with Gasteiger partial charge in [-0.1, -0.05) is 12.2 Å². The van der Waals surface area contributed by atoms with Crippen molar-refractivity contribution < 1.29 is 0 Å². The third-order valence-corrected chi connectivity index (χ3v) is 0. The van der Waals surface area contributed by atoms with E-state index in [-0.39, 0.29) is 29.6 Å². The van der Waals surface area contributed by atoms with Crippen molar-refractivity contribution >= 4 is 46.8 Å². The van der Waals surface area contributed by atoms with Crippen LogP contribution < -0.4 is 5.73 Å². The Kier molecular flexibility index (Phi) is 9.10. The van der Waals surface area contributed by atoms with Gasteiger partial charge < -0.3 is 5.73 Å².